The first kappa shape index (κ1) is 13.6. The summed E-state index contributed by atoms with van der Waals surface area (Å²) in [5.74, 6) is 0. The number of hydrogen-bond donors (Lipinski definition) is 2. The van der Waals surface area contributed by atoms with Gasteiger partial charge in [0.1, 0.15) is 0 Å². The van der Waals surface area contributed by atoms with Crippen molar-refractivity contribution >= 4 is 12.2 Å². The number of benzene rings is 2. The van der Waals surface area contributed by atoms with E-state index in [1.807, 2.05) is 29.9 Å². The molecule has 21 heavy (non-hydrogen) atoms. The summed E-state index contributed by atoms with van der Waals surface area (Å²) in [5.41, 5.74) is 8.71. The molecule has 106 valence electrons. The maximum atomic E-state index is 5.43. The number of nitrogens with one attached hydrogen (secondary N) is 2. The predicted molar refractivity (Wildman–Crippen MR) is 90.5 cm³/mol. The van der Waals surface area contributed by atoms with E-state index < -0.39 is 0 Å². The van der Waals surface area contributed by atoms with Crippen LogP contribution in [0.1, 0.15) is 5.56 Å². The van der Waals surface area contributed by atoms with E-state index in [2.05, 4.69) is 53.7 Å². The van der Waals surface area contributed by atoms with Crippen molar-refractivity contribution in [1.29, 1.82) is 0 Å². The Bertz CT molecular complexity index is 798. The van der Waals surface area contributed by atoms with Gasteiger partial charge in [-0.2, -0.15) is 0 Å². The third kappa shape index (κ3) is 2.50. The van der Waals surface area contributed by atoms with Crippen molar-refractivity contribution in [2.24, 2.45) is 0 Å². The highest BCUT2D eigenvalue weighted by atomic mass is 32.1. The monoisotopic (exact) mass is 295 g/mol. The lowest BCUT2D eigenvalue weighted by Gasteiger charge is -2.10. The third-order valence-corrected chi connectivity index (χ3v) is 3.79. The topological polar surface area (TPSA) is 32.8 Å². The van der Waals surface area contributed by atoms with E-state index in [1.54, 1.807) is 0 Å². The Hall–Kier alpha value is -2.33. The lowest BCUT2D eigenvalue weighted by Crippen LogP contribution is -2.10. The minimum Gasteiger partial charge on any atom is -0.329 e. The fraction of sp³-hybridized carbons (Fsp3) is 0.118. The second-order valence-corrected chi connectivity index (χ2v) is 5.33. The summed E-state index contributed by atoms with van der Waals surface area (Å²) in [7, 11) is 1.87. The minimum absolute atomic E-state index is 0.659. The van der Waals surface area contributed by atoms with Crippen LogP contribution in [0.15, 0.2) is 54.6 Å². The van der Waals surface area contributed by atoms with Crippen LogP contribution in [0.5, 0.6) is 0 Å². The molecule has 3 nitrogen and oxygen atoms in total. The summed E-state index contributed by atoms with van der Waals surface area (Å²) in [6.07, 6.45) is 0. The summed E-state index contributed by atoms with van der Waals surface area (Å²) >= 11 is 5.43. The first-order valence-corrected chi connectivity index (χ1v) is 7.27. The molecule has 0 fully saturated rings. The van der Waals surface area contributed by atoms with E-state index in [1.165, 1.54) is 5.56 Å². The van der Waals surface area contributed by atoms with Gasteiger partial charge in [0, 0.05) is 18.2 Å². The number of hydrogen-bond acceptors (Lipinski definition) is 2. The van der Waals surface area contributed by atoms with Crippen LogP contribution in [-0.2, 0) is 0 Å². The number of aromatic amines is 1. The molecule has 2 aromatic carbocycles. The smallest absolute Gasteiger partial charge is 0.197 e. The van der Waals surface area contributed by atoms with Gasteiger partial charge in [0.25, 0.3) is 0 Å². The second kappa shape index (κ2) is 5.58. The lowest BCUT2D eigenvalue weighted by molar-refractivity contribution is 0.913. The van der Waals surface area contributed by atoms with Gasteiger partial charge in [-0.3, -0.25) is 0 Å². The molecule has 0 radical (unpaired) electrons. The number of aromatic nitrogens is 2. The average Bonchev–Trinajstić information content (AvgIpc) is 2.85. The lowest BCUT2D eigenvalue weighted by atomic mass is 10.0. The summed E-state index contributed by atoms with van der Waals surface area (Å²) in [6.45, 7) is 2.09. The number of H-pyrrole nitrogens is 1. The Kier molecular flexibility index (Phi) is 3.62. The Morgan fingerprint density at radius 3 is 2.24 bits per heavy atom. The molecule has 0 unspecified atom stereocenters. The Morgan fingerprint density at radius 1 is 0.952 bits per heavy atom. The molecule has 3 rings (SSSR count). The van der Waals surface area contributed by atoms with E-state index in [-0.39, 0.29) is 0 Å². The fourth-order valence-electron chi connectivity index (χ4n) is 2.45. The molecule has 1 aromatic heterocycles. The molecule has 3 aromatic rings. The van der Waals surface area contributed by atoms with Gasteiger partial charge in [-0.1, -0.05) is 60.2 Å². The van der Waals surface area contributed by atoms with Crippen LogP contribution in [-0.4, -0.2) is 16.7 Å². The van der Waals surface area contributed by atoms with Crippen LogP contribution in [0.3, 0.4) is 0 Å². The molecule has 0 saturated heterocycles. The number of imidazole rings is 1. The first-order chi connectivity index (χ1) is 10.2. The molecule has 0 atom stereocenters. The van der Waals surface area contributed by atoms with E-state index in [0.29, 0.717) is 4.77 Å². The molecule has 4 heteroatoms. The van der Waals surface area contributed by atoms with Crippen molar-refractivity contribution in [2.45, 2.75) is 6.92 Å². The molecule has 0 bridgehead atoms. The normalized spacial score (nSPS) is 10.6. The summed E-state index contributed by atoms with van der Waals surface area (Å²) in [6, 6.07) is 18.7. The largest absolute Gasteiger partial charge is 0.329 e. The van der Waals surface area contributed by atoms with Gasteiger partial charge in [-0.25, -0.2) is 4.68 Å². The van der Waals surface area contributed by atoms with E-state index in [4.69, 9.17) is 12.2 Å². The quantitative estimate of drug-likeness (QED) is 0.704. The highest BCUT2D eigenvalue weighted by Gasteiger charge is 2.15. The number of aryl methyl sites for hydroxylation is 1. The Balaban J connectivity index is 2.27. The maximum absolute atomic E-state index is 5.43. The van der Waals surface area contributed by atoms with Gasteiger partial charge in [0.15, 0.2) is 4.77 Å². The molecule has 0 aliphatic heterocycles. The average molecular weight is 295 g/mol. The standard InChI is InChI=1S/C17H17N3S/c1-12-8-10-14(11-9-12)16-15(13-6-4-3-5-7-13)19-17(21)20(16)18-2/h3-11,18H,1-2H3,(H,19,21). The van der Waals surface area contributed by atoms with Crippen molar-refractivity contribution in [2.75, 3.05) is 12.5 Å². The Morgan fingerprint density at radius 2 is 1.62 bits per heavy atom. The maximum Gasteiger partial charge on any atom is 0.197 e. The molecular weight excluding hydrogens is 278 g/mol. The van der Waals surface area contributed by atoms with E-state index >= 15 is 0 Å². The highest BCUT2D eigenvalue weighted by molar-refractivity contribution is 7.71. The molecule has 0 aliphatic carbocycles. The predicted octanol–water partition coefficient (Wildman–Crippen LogP) is 4.36. The molecule has 0 amide bonds. The van der Waals surface area contributed by atoms with Gasteiger partial charge in [-0.05, 0) is 19.1 Å². The van der Waals surface area contributed by atoms with Gasteiger partial charge in [0.05, 0.1) is 11.4 Å². The van der Waals surface area contributed by atoms with Crippen molar-refractivity contribution in [3.8, 4) is 22.5 Å². The third-order valence-electron chi connectivity index (χ3n) is 3.51. The van der Waals surface area contributed by atoms with Crippen LogP contribution < -0.4 is 5.43 Å². The molecule has 0 spiro atoms. The van der Waals surface area contributed by atoms with E-state index in [0.717, 1.165) is 22.5 Å². The molecule has 2 N–H and O–H groups in total. The van der Waals surface area contributed by atoms with Gasteiger partial charge < -0.3 is 10.4 Å². The van der Waals surface area contributed by atoms with Gasteiger partial charge in [-0.15, -0.1) is 0 Å². The first-order valence-electron chi connectivity index (χ1n) is 6.86. The van der Waals surface area contributed by atoms with Crippen molar-refractivity contribution in [1.82, 2.24) is 9.66 Å². The Labute approximate surface area is 129 Å². The van der Waals surface area contributed by atoms with Crippen LogP contribution >= 0.6 is 12.2 Å². The van der Waals surface area contributed by atoms with Crippen molar-refractivity contribution in [3.05, 3.63) is 64.9 Å². The number of nitrogens with zero attached hydrogens (tertiary/aromatic N) is 1. The van der Waals surface area contributed by atoms with Crippen molar-refractivity contribution in [3.63, 3.8) is 0 Å². The zero-order valence-corrected chi connectivity index (χ0v) is 12.9. The minimum atomic E-state index is 0.659. The van der Waals surface area contributed by atoms with Crippen LogP contribution in [0, 0.1) is 11.7 Å². The van der Waals surface area contributed by atoms with Crippen LogP contribution in [0.4, 0.5) is 0 Å². The number of rotatable bonds is 3. The highest BCUT2D eigenvalue weighted by Crippen LogP contribution is 2.31. The second-order valence-electron chi connectivity index (χ2n) is 4.94. The molecule has 0 aliphatic rings. The summed E-state index contributed by atoms with van der Waals surface area (Å²) in [4.78, 5) is 3.31. The van der Waals surface area contributed by atoms with Gasteiger partial charge >= 0.3 is 0 Å². The molecule has 0 saturated carbocycles. The molecular formula is C17H17N3S. The van der Waals surface area contributed by atoms with Crippen LogP contribution in [0.2, 0.25) is 0 Å². The summed E-state index contributed by atoms with van der Waals surface area (Å²) in [5, 5.41) is 0. The van der Waals surface area contributed by atoms with E-state index in [9.17, 15) is 0 Å². The summed E-state index contributed by atoms with van der Waals surface area (Å²) < 4.78 is 2.56. The SMILES string of the molecule is CNn1c(-c2ccc(C)cc2)c(-c2ccccc2)[nH]c1=S. The zero-order valence-electron chi connectivity index (χ0n) is 12.1. The van der Waals surface area contributed by atoms with Crippen molar-refractivity contribution < 1.29 is 0 Å². The fourth-order valence-corrected chi connectivity index (χ4v) is 2.73. The van der Waals surface area contributed by atoms with Crippen LogP contribution in [0.25, 0.3) is 22.5 Å². The van der Waals surface area contributed by atoms with Gasteiger partial charge in [0.2, 0.25) is 0 Å². The molecule has 1 heterocycles. The zero-order chi connectivity index (χ0) is 14.8.